The van der Waals surface area contributed by atoms with Gasteiger partial charge in [0.1, 0.15) is 6.54 Å². The Morgan fingerprint density at radius 3 is 2.48 bits per heavy atom. The van der Waals surface area contributed by atoms with E-state index in [0.29, 0.717) is 10.4 Å². The van der Waals surface area contributed by atoms with Crippen molar-refractivity contribution in [3.05, 3.63) is 57.8 Å². The van der Waals surface area contributed by atoms with Crippen LogP contribution in [0.25, 0.3) is 0 Å². The molecule has 120 valence electrons. The predicted octanol–water partition coefficient (Wildman–Crippen LogP) is 2.60. The number of thiophene rings is 1. The topological polar surface area (TPSA) is 72.5 Å². The van der Waals surface area contributed by atoms with Gasteiger partial charge in [0.15, 0.2) is 6.10 Å². The van der Waals surface area contributed by atoms with Crippen molar-refractivity contribution in [2.24, 2.45) is 0 Å². The highest BCUT2D eigenvalue weighted by Gasteiger charge is 2.19. The first-order valence-corrected chi connectivity index (χ1v) is 7.97. The molecule has 1 aromatic carbocycles. The van der Waals surface area contributed by atoms with Crippen molar-refractivity contribution >= 4 is 29.0 Å². The molecule has 6 heteroatoms. The normalized spacial score (nSPS) is 11.6. The SMILES string of the molecule is Cc1ccc(C(=O)[C@@H](C)OC(=O)CNC(=O)c2cccs2)cc1. The number of hydrogen-bond acceptors (Lipinski definition) is 5. The van der Waals surface area contributed by atoms with Crippen LogP contribution >= 0.6 is 11.3 Å². The van der Waals surface area contributed by atoms with Gasteiger partial charge in [0.25, 0.3) is 5.91 Å². The van der Waals surface area contributed by atoms with E-state index < -0.39 is 12.1 Å². The second-order valence-corrected chi connectivity index (χ2v) is 5.97. The number of rotatable bonds is 6. The van der Waals surface area contributed by atoms with E-state index in [4.69, 9.17) is 4.74 Å². The number of carbonyl (C=O) groups is 3. The van der Waals surface area contributed by atoms with Crippen LogP contribution in [0.15, 0.2) is 41.8 Å². The van der Waals surface area contributed by atoms with Gasteiger partial charge in [0.05, 0.1) is 4.88 Å². The molecule has 23 heavy (non-hydrogen) atoms. The standard InChI is InChI=1S/C17H17NO4S/c1-11-5-7-13(8-6-11)16(20)12(2)22-15(19)10-18-17(21)14-4-3-9-23-14/h3-9,12H,10H2,1-2H3,(H,18,21)/t12-/m1/s1. The number of ether oxygens (including phenoxy) is 1. The Bertz CT molecular complexity index is 692. The van der Waals surface area contributed by atoms with E-state index in [1.54, 1.807) is 29.6 Å². The van der Waals surface area contributed by atoms with Gasteiger partial charge in [-0.3, -0.25) is 14.4 Å². The van der Waals surface area contributed by atoms with Gasteiger partial charge in [-0.2, -0.15) is 0 Å². The fraction of sp³-hybridized carbons (Fsp3) is 0.235. The average molecular weight is 331 g/mol. The smallest absolute Gasteiger partial charge is 0.326 e. The molecule has 1 aromatic heterocycles. The Hall–Kier alpha value is -2.47. The molecule has 2 aromatic rings. The average Bonchev–Trinajstić information content (AvgIpc) is 3.07. The van der Waals surface area contributed by atoms with Crippen LogP contribution in [-0.4, -0.2) is 30.3 Å². The molecule has 0 saturated carbocycles. The lowest BCUT2D eigenvalue weighted by atomic mass is 10.1. The Kier molecular flexibility index (Phi) is 5.65. The van der Waals surface area contributed by atoms with E-state index in [-0.39, 0.29) is 18.2 Å². The van der Waals surface area contributed by atoms with Gasteiger partial charge in [0, 0.05) is 5.56 Å². The summed E-state index contributed by atoms with van der Waals surface area (Å²) >= 11 is 1.28. The first kappa shape index (κ1) is 16.9. The Labute approximate surface area is 138 Å². The monoisotopic (exact) mass is 331 g/mol. The molecule has 0 aliphatic carbocycles. The summed E-state index contributed by atoms with van der Waals surface area (Å²) in [6, 6.07) is 10.4. The molecule has 0 aliphatic rings. The minimum Gasteiger partial charge on any atom is -0.453 e. The zero-order valence-electron chi connectivity index (χ0n) is 12.9. The largest absolute Gasteiger partial charge is 0.453 e. The fourth-order valence-corrected chi connectivity index (χ4v) is 2.53. The van der Waals surface area contributed by atoms with Crippen LogP contribution in [0.3, 0.4) is 0 Å². The molecule has 0 spiro atoms. The van der Waals surface area contributed by atoms with Crippen LogP contribution in [0.2, 0.25) is 0 Å². The molecule has 0 saturated heterocycles. The molecular formula is C17H17NO4S. The van der Waals surface area contributed by atoms with Gasteiger partial charge in [-0.15, -0.1) is 11.3 Å². The lowest BCUT2D eigenvalue weighted by Crippen LogP contribution is -2.33. The summed E-state index contributed by atoms with van der Waals surface area (Å²) in [5, 5.41) is 4.24. The molecule has 1 N–H and O–H groups in total. The maximum absolute atomic E-state index is 12.2. The minimum atomic E-state index is -0.899. The van der Waals surface area contributed by atoms with Crippen molar-refractivity contribution in [2.45, 2.75) is 20.0 Å². The summed E-state index contributed by atoms with van der Waals surface area (Å²) in [5.41, 5.74) is 1.53. The fourth-order valence-electron chi connectivity index (χ4n) is 1.89. The molecule has 1 amide bonds. The molecule has 0 aliphatic heterocycles. The van der Waals surface area contributed by atoms with E-state index in [2.05, 4.69) is 5.32 Å². The number of Topliss-reactive ketones (excluding diaryl/α,β-unsaturated/α-hetero) is 1. The first-order valence-electron chi connectivity index (χ1n) is 7.09. The third kappa shape index (κ3) is 4.75. The third-order valence-corrected chi connectivity index (χ3v) is 4.02. The first-order chi connectivity index (χ1) is 11.0. The quantitative estimate of drug-likeness (QED) is 0.652. The van der Waals surface area contributed by atoms with Gasteiger partial charge >= 0.3 is 5.97 Å². The van der Waals surface area contributed by atoms with Crippen molar-refractivity contribution in [3.63, 3.8) is 0 Å². The minimum absolute atomic E-state index is 0.275. The molecule has 0 radical (unpaired) electrons. The number of carbonyl (C=O) groups excluding carboxylic acids is 3. The summed E-state index contributed by atoms with van der Waals surface area (Å²) in [7, 11) is 0. The molecule has 0 bridgehead atoms. The zero-order valence-corrected chi connectivity index (χ0v) is 13.7. The Morgan fingerprint density at radius 2 is 1.87 bits per heavy atom. The van der Waals surface area contributed by atoms with E-state index in [9.17, 15) is 14.4 Å². The molecule has 2 rings (SSSR count). The molecule has 0 fully saturated rings. The van der Waals surface area contributed by atoms with Gasteiger partial charge in [-0.25, -0.2) is 0 Å². The van der Waals surface area contributed by atoms with Crippen molar-refractivity contribution in [1.29, 1.82) is 0 Å². The van der Waals surface area contributed by atoms with Crippen molar-refractivity contribution in [2.75, 3.05) is 6.54 Å². The van der Waals surface area contributed by atoms with Crippen LogP contribution in [-0.2, 0) is 9.53 Å². The summed E-state index contributed by atoms with van der Waals surface area (Å²) in [6.45, 7) is 3.16. The summed E-state index contributed by atoms with van der Waals surface area (Å²) in [6.07, 6.45) is -0.899. The molecular weight excluding hydrogens is 314 g/mol. The predicted molar refractivity (Wildman–Crippen MR) is 87.7 cm³/mol. The maximum Gasteiger partial charge on any atom is 0.326 e. The van der Waals surface area contributed by atoms with Crippen LogP contribution < -0.4 is 5.32 Å². The molecule has 1 heterocycles. The second-order valence-electron chi connectivity index (χ2n) is 5.02. The van der Waals surface area contributed by atoms with Crippen molar-refractivity contribution < 1.29 is 19.1 Å². The number of hydrogen-bond donors (Lipinski definition) is 1. The van der Waals surface area contributed by atoms with E-state index in [1.807, 2.05) is 19.1 Å². The highest BCUT2D eigenvalue weighted by molar-refractivity contribution is 7.12. The number of esters is 1. The van der Waals surface area contributed by atoms with Crippen molar-refractivity contribution in [3.8, 4) is 0 Å². The van der Waals surface area contributed by atoms with Gasteiger partial charge in [0.2, 0.25) is 5.78 Å². The highest BCUT2D eigenvalue weighted by atomic mass is 32.1. The Morgan fingerprint density at radius 1 is 1.17 bits per heavy atom. The van der Waals surface area contributed by atoms with E-state index in [0.717, 1.165) is 5.56 Å². The Balaban J connectivity index is 1.83. The van der Waals surface area contributed by atoms with Crippen LogP contribution in [0.4, 0.5) is 0 Å². The number of ketones is 1. The number of aryl methyl sites for hydroxylation is 1. The summed E-state index contributed by atoms with van der Waals surface area (Å²) < 4.78 is 5.06. The summed E-state index contributed by atoms with van der Waals surface area (Å²) in [5.74, 6) is -1.26. The van der Waals surface area contributed by atoms with E-state index >= 15 is 0 Å². The van der Waals surface area contributed by atoms with Crippen molar-refractivity contribution in [1.82, 2.24) is 5.32 Å². The number of benzene rings is 1. The van der Waals surface area contributed by atoms with Crippen LogP contribution in [0.1, 0.15) is 32.5 Å². The zero-order chi connectivity index (χ0) is 16.8. The number of amides is 1. The van der Waals surface area contributed by atoms with Gasteiger partial charge in [-0.1, -0.05) is 35.9 Å². The highest BCUT2D eigenvalue weighted by Crippen LogP contribution is 2.09. The molecule has 5 nitrogen and oxygen atoms in total. The lowest BCUT2D eigenvalue weighted by molar-refractivity contribution is -0.145. The van der Waals surface area contributed by atoms with Crippen LogP contribution in [0, 0.1) is 6.92 Å². The second kappa shape index (κ2) is 7.69. The van der Waals surface area contributed by atoms with Crippen LogP contribution in [0.5, 0.6) is 0 Å². The van der Waals surface area contributed by atoms with E-state index in [1.165, 1.54) is 18.3 Å². The molecule has 1 atom stereocenters. The van der Waals surface area contributed by atoms with Gasteiger partial charge in [-0.05, 0) is 25.3 Å². The summed E-state index contributed by atoms with van der Waals surface area (Å²) in [4.78, 5) is 36.1. The van der Waals surface area contributed by atoms with Gasteiger partial charge < -0.3 is 10.1 Å². The lowest BCUT2D eigenvalue weighted by Gasteiger charge is -2.12. The third-order valence-electron chi connectivity index (χ3n) is 3.15. The number of nitrogens with one attached hydrogen (secondary N) is 1. The molecule has 0 unspecified atom stereocenters. The maximum atomic E-state index is 12.2.